The Kier molecular flexibility index (Phi) is 6.46. The number of aromatic nitrogens is 1. The predicted octanol–water partition coefficient (Wildman–Crippen LogP) is 0.114. The smallest absolute Gasteiger partial charge is 0.322 e. The molecular weight excluding hydrogens is 302 g/mol. The summed E-state index contributed by atoms with van der Waals surface area (Å²) in [5.74, 6) is -1.68. The maximum absolute atomic E-state index is 11.9. The first kappa shape index (κ1) is 16.4. The van der Waals surface area contributed by atoms with Crippen molar-refractivity contribution in [1.29, 1.82) is 0 Å². The van der Waals surface area contributed by atoms with Gasteiger partial charge in [0.05, 0.1) is 11.2 Å². The minimum atomic E-state index is -1.13. The van der Waals surface area contributed by atoms with Crippen LogP contribution in [0.15, 0.2) is 6.20 Å². The van der Waals surface area contributed by atoms with E-state index in [0.717, 1.165) is 5.01 Å². The van der Waals surface area contributed by atoms with E-state index >= 15 is 0 Å². The quantitative estimate of drug-likeness (QED) is 0.659. The van der Waals surface area contributed by atoms with Crippen molar-refractivity contribution in [3.63, 3.8) is 0 Å². The molecule has 0 aliphatic carbocycles. The molecule has 0 spiro atoms. The Balaban J connectivity index is 2.64. The normalized spacial score (nSPS) is 11.7. The Morgan fingerprint density at radius 2 is 2.20 bits per heavy atom. The van der Waals surface area contributed by atoms with E-state index in [2.05, 4.69) is 15.6 Å². The van der Waals surface area contributed by atoms with Gasteiger partial charge in [-0.25, -0.2) is 4.98 Å². The number of nitrogens with one attached hydrogen (secondary N) is 2. The molecule has 3 N–H and O–H groups in total. The molecule has 0 saturated carbocycles. The van der Waals surface area contributed by atoms with Crippen LogP contribution in [0.5, 0.6) is 0 Å². The van der Waals surface area contributed by atoms with Crippen LogP contribution in [0.3, 0.4) is 0 Å². The number of hydrogen-bond acceptors (Lipinski definition) is 6. The highest BCUT2D eigenvalue weighted by Gasteiger charge is 2.22. The molecule has 1 aromatic heterocycles. The van der Waals surface area contributed by atoms with Crippen LogP contribution in [-0.4, -0.2) is 52.5 Å². The maximum Gasteiger partial charge on any atom is 0.322 e. The zero-order valence-corrected chi connectivity index (χ0v) is 12.6. The number of aliphatic carboxylic acids is 1. The van der Waals surface area contributed by atoms with Gasteiger partial charge in [0.2, 0.25) is 5.91 Å². The topological polar surface area (TPSA) is 108 Å². The van der Waals surface area contributed by atoms with Crippen molar-refractivity contribution in [3.8, 4) is 0 Å². The third-order valence-electron chi connectivity index (χ3n) is 2.21. The molecule has 1 atom stereocenters. The van der Waals surface area contributed by atoms with Crippen LogP contribution in [0.1, 0.15) is 14.7 Å². The van der Waals surface area contributed by atoms with Gasteiger partial charge in [0.25, 0.3) is 5.91 Å². The molecule has 0 aliphatic rings. The van der Waals surface area contributed by atoms with Gasteiger partial charge in [0.15, 0.2) is 0 Å². The number of carbonyl (C=O) groups is 3. The second-order valence-electron chi connectivity index (χ2n) is 3.84. The summed E-state index contributed by atoms with van der Waals surface area (Å²) in [4.78, 5) is 38.5. The number of carboxylic acids is 1. The Morgan fingerprint density at radius 3 is 2.70 bits per heavy atom. The summed E-state index contributed by atoms with van der Waals surface area (Å²) >= 11 is 2.61. The zero-order valence-electron chi connectivity index (χ0n) is 11.0. The molecule has 1 aromatic rings. The molecule has 0 saturated heterocycles. The number of thiazole rings is 1. The van der Waals surface area contributed by atoms with Crippen molar-refractivity contribution in [2.45, 2.75) is 13.0 Å². The molecule has 0 radical (unpaired) electrons. The minimum Gasteiger partial charge on any atom is -0.480 e. The lowest BCUT2D eigenvalue weighted by Gasteiger charge is -2.16. The van der Waals surface area contributed by atoms with Gasteiger partial charge in [0, 0.05) is 5.75 Å². The highest BCUT2D eigenvalue weighted by molar-refractivity contribution is 7.98. The maximum atomic E-state index is 11.9. The highest BCUT2D eigenvalue weighted by Crippen LogP contribution is 2.11. The lowest BCUT2D eigenvalue weighted by atomic mass is 10.3. The van der Waals surface area contributed by atoms with Crippen molar-refractivity contribution in [2.24, 2.45) is 0 Å². The fourth-order valence-corrected chi connectivity index (χ4v) is 2.58. The number of rotatable bonds is 7. The summed E-state index contributed by atoms with van der Waals surface area (Å²) in [5, 5.41) is 14.1. The van der Waals surface area contributed by atoms with E-state index in [-0.39, 0.29) is 5.91 Å². The molecule has 0 aliphatic heterocycles. The van der Waals surface area contributed by atoms with Crippen LogP contribution < -0.4 is 10.6 Å². The molecule has 0 fully saturated rings. The summed E-state index contributed by atoms with van der Waals surface area (Å²) in [5.41, 5.74) is 0. The van der Waals surface area contributed by atoms with E-state index in [0.29, 0.717) is 10.6 Å². The van der Waals surface area contributed by atoms with E-state index in [1.54, 1.807) is 13.2 Å². The first-order valence-electron chi connectivity index (χ1n) is 5.65. The molecule has 7 nitrogen and oxygen atoms in total. The van der Waals surface area contributed by atoms with Crippen molar-refractivity contribution in [3.05, 3.63) is 16.1 Å². The predicted molar refractivity (Wildman–Crippen MR) is 77.1 cm³/mol. The summed E-state index contributed by atoms with van der Waals surface area (Å²) < 4.78 is 0. The van der Waals surface area contributed by atoms with Gasteiger partial charge in [-0.2, -0.15) is 11.8 Å². The monoisotopic (exact) mass is 317 g/mol. The number of nitrogens with zero attached hydrogens (tertiary/aromatic N) is 1. The summed E-state index contributed by atoms with van der Waals surface area (Å²) in [6, 6.07) is -0.778. The van der Waals surface area contributed by atoms with Crippen LogP contribution in [-0.2, 0) is 9.59 Å². The molecule has 110 valence electrons. The van der Waals surface area contributed by atoms with Gasteiger partial charge >= 0.3 is 5.97 Å². The lowest BCUT2D eigenvalue weighted by molar-refractivity contribution is -0.138. The van der Waals surface area contributed by atoms with Gasteiger partial charge in [-0.3, -0.25) is 14.4 Å². The van der Waals surface area contributed by atoms with Crippen molar-refractivity contribution >= 4 is 40.9 Å². The Morgan fingerprint density at radius 1 is 1.50 bits per heavy atom. The molecule has 9 heteroatoms. The largest absolute Gasteiger partial charge is 0.480 e. The van der Waals surface area contributed by atoms with E-state index in [1.807, 2.05) is 0 Å². The zero-order chi connectivity index (χ0) is 15.1. The highest BCUT2D eigenvalue weighted by atomic mass is 32.2. The SMILES string of the molecule is CSC[C@@H](NC(=O)c1cnc(C)s1)C(=O)NCC(=O)O. The average molecular weight is 317 g/mol. The van der Waals surface area contributed by atoms with Gasteiger partial charge in [-0.05, 0) is 13.2 Å². The molecule has 2 amide bonds. The second-order valence-corrected chi connectivity index (χ2v) is 5.98. The van der Waals surface area contributed by atoms with Gasteiger partial charge in [0.1, 0.15) is 17.5 Å². The van der Waals surface area contributed by atoms with Crippen molar-refractivity contribution in [2.75, 3.05) is 18.6 Å². The number of carboxylic acid groups (broad SMARTS) is 1. The molecule has 0 unspecified atom stereocenters. The Hall–Kier alpha value is -1.61. The lowest BCUT2D eigenvalue weighted by Crippen LogP contribution is -2.49. The first-order valence-corrected chi connectivity index (χ1v) is 7.86. The minimum absolute atomic E-state index is 0.356. The van der Waals surface area contributed by atoms with E-state index < -0.39 is 24.5 Å². The van der Waals surface area contributed by atoms with Crippen molar-refractivity contribution in [1.82, 2.24) is 15.6 Å². The summed E-state index contributed by atoms with van der Waals surface area (Å²) in [6.07, 6.45) is 3.24. The van der Waals surface area contributed by atoms with E-state index in [9.17, 15) is 14.4 Å². The van der Waals surface area contributed by atoms with Crippen LogP contribution in [0.4, 0.5) is 0 Å². The molecule has 20 heavy (non-hydrogen) atoms. The standard InChI is InChI=1S/C11H15N3O4S2/c1-6-12-3-8(20-6)11(18)14-7(5-19-2)10(17)13-4-9(15)16/h3,7H,4-5H2,1-2H3,(H,13,17)(H,14,18)(H,15,16)/t7-/m1/s1. The third kappa shape index (κ3) is 5.17. The number of amides is 2. The number of aryl methyl sites for hydroxylation is 1. The van der Waals surface area contributed by atoms with Crippen LogP contribution in [0.2, 0.25) is 0 Å². The van der Waals surface area contributed by atoms with Crippen LogP contribution in [0, 0.1) is 6.92 Å². The summed E-state index contributed by atoms with van der Waals surface area (Å²) in [7, 11) is 0. The van der Waals surface area contributed by atoms with Gasteiger partial charge < -0.3 is 15.7 Å². The summed E-state index contributed by atoms with van der Waals surface area (Å²) in [6.45, 7) is 1.31. The molecule has 0 bridgehead atoms. The van der Waals surface area contributed by atoms with Gasteiger partial charge in [-0.15, -0.1) is 11.3 Å². The van der Waals surface area contributed by atoms with E-state index in [1.165, 1.54) is 29.3 Å². The van der Waals surface area contributed by atoms with Gasteiger partial charge in [-0.1, -0.05) is 0 Å². The first-order chi connectivity index (χ1) is 9.43. The molecule has 1 heterocycles. The number of carbonyl (C=O) groups excluding carboxylic acids is 2. The number of hydrogen-bond donors (Lipinski definition) is 3. The van der Waals surface area contributed by atoms with Crippen LogP contribution in [0.25, 0.3) is 0 Å². The van der Waals surface area contributed by atoms with E-state index in [4.69, 9.17) is 5.11 Å². The number of thioether (sulfide) groups is 1. The van der Waals surface area contributed by atoms with Crippen molar-refractivity contribution < 1.29 is 19.5 Å². The van der Waals surface area contributed by atoms with Crippen LogP contribution >= 0.6 is 23.1 Å². The molecular formula is C11H15N3O4S2. The third-order valence-corrected chi connectivity index (χ3v) is 3.79. The average Bonchev–Trinajstić information content (AvgIpc) is 2.82. The Labute approximate surface area is 124 Å². The second kappa shape index (κ2) is 7.85. The molecule has 1 rings (SSSR count). The fraction of sp³-hybridized carbons (Fsp3) is 0.455. The Bertz CT molecular complexity index is 504. The molecule has 0 aromatic carbocycles. The fourth-order valence-electron chi connectivity index (χ4n) is 1.33.